The van der Waals surface area contributed by atoms with Crippen molar-refractivity contribution < 1.29 is 9.90 Å². The van der Waals surface area contributed by atoms with Gasteiger partial charge < -0.3 is 9.67 Å². The molecular weight excluding hydrogens is 312 g/mol. The Morgan fingerprint density at radius 2 is 1.60 bits per heavy atom. The largest absolute Gasteiger partial charge is 0.478 e. The molecule has 0 aliphatic heterocycles. The average Bonchev–Trinajstić information content (AvgIpc) is 3.06. The molecule has 1 aromatic heterocycles. The van der Waals surface area contributed by atoms with Crippen molar-refractivity contribution in [1.82, 2.24) is 9.55 Å². The molecule has 0 bridgehead atoms. The summed E-state index contributed by atoms with van der Waals surface area (Å²) in [6.07, 6.45) is 1.70. The van der Waals surface area contributed by atoms with Gasteiger partial charge in [0.05, 0.1) is 22.9 Å². The molecule has 1 N–H and O–H groups in total. The van der Waals surface area contributed by atoms with Crippen molar-refractivity contribution in [3.63, 3.8) is 0 Å². The fourth-order valence-corrected chi connectivity index (χ4v) is 3.05. The lowest BCUT2D eigenvalue weighted by Gasteiger charge is -2.08. The van der Waals surface area contributed by atoms with Gasteiger partial charge in [0, 0.05) is 6.54 Å². The van der Waals surface area contributed by atoms with Crippen molar-refractivity contribution >= 4 is 17.0 Å². The van der Waals surface area contributed by atoms with Gasteiger partial charge in [-0.25, -0.2) is 9.78 Å². The topological polar surface area (TPSA) is 55.1 Å². The number of imidazole rings is 1. The molecule has 0 spiro atoms. The van der Waals surface area contributed by atoms with Crippen LogP contribution in [0.4, 0.5) is 0 Å². The number of nitrogens with zero attached hydrogens (tertiary/aromatic N) is 2. The van der Waals surface area contributed by atoms with Crippen molar-refractivity contribution in [3.8, 4) is 11.1 Å². The summed E-state index contributed by atoms with van der Waals surface area (Å²) in [4.78, 5) is 15.8. The van der Waals surface area contributed by atoms with Crippen molar-refractivity contribution in [2.45, 2.75) is 6.54 Å². The predicted octanol–water partition coefficient (Wildman–Crippen LogP) is 4.45. The van der Waals surface area contributed by atoms with E-state index in [0.29, 0.717) is 17.6 Å². The molecule has 4 nitrogen and oxygen atoms in total. The summed E-state index contributed by atoms with van der Waals surface area (Å²) in [5.74, 6) is -0.938. The fraction of sp³-hybridized carbons (Fsp3) is 0.0476. The van der Waals surface area contributed by atoms with Crippen LogP contribution in [0.15, 0.2) is 79.1 Å². The molecule has 0 aliphatic rings. The van der Waals surface area contributed by atoms with E-state index in [1.807, 2.05) is 28.8 Å². The Hall–Kier alpha value is -3.40. The molecule has 25 heavy (non-hydrogen) atoms. The zero-order valence-corrected chi connectivity index (χ0v) is 13.5. The highest BCUT2D eigenvalue weighted by Crippen LogP contribution is 2.22. The van der Waals surface area contributed by atoms with Crippen LogP contribution in [0.2, 0.25) is 0 Å². The molecule has 4 rings (SSSR count). The van der Waals surface area contributed by atoms with Crippen LogP contribution in [-0.4, -0.2) is 20.6 Å². The normalized spacial score (nSPS) is 10.9. The summed E-state index contributed by atoms with van der Waals surface area (Å²) in [5, 5.41) is 9.41. The highest BCUT2D eigenvalue weighted by Gasteiger charge is 2.13. The van der Waals surface area contributed by atoms with Gasteiger partial charge in [0.15, 0.2) is 0 Å². The Morgan fingerprint density at radius 1 is 0.880 bits per heavy atom. The van der Waals surface area contributed by atoms with Gasteiger partial charge in [0.2, 0.25) is 0 Å². The van der Waals surface area contributed by atoms with Gasteiger partial charge in [-0.3, -0.25) is 0 Å². The highest BCUT2D eigenvalue weighted by molar-refractivity contribution is 6.01. The maximum Gasteiger partial charge on any atom is 0.337 e. The number of hydrogen-bond acceptors (Lipinski definition) is 2. The summed E-state index contributed by atoms with van der Waals surface area (Å²) in [7, 11) is 0. The van der Waals surface area contributed by atoms with E-state index in [0.717, 1.165) is 11.1 Å². The van der Waals surface area contributed by atoms with E-state index in [1.165, 1.54) is 5.56 Å². The molecule has 0 saturated carbocycles. The standard InChI is InChI=1S/C21H16N2O2/c24-21(25)18-7-4-8-19-20(18)23(14-22-19)13-15-9-11-17(12-10-15)16-5-2-1-3-6-16/h1-12,14H,13H2,(H,24,25). The third-order valence-electron chi connectivity index (χ3n) is 4.28. The molecule has 4 aromatic rings. The first kappa shape index (κ1) is 15.1. The Bertz CT molecular complexity index is 1030. The molecule has 4 heteroatoms. The number of hydrogen-bond donors (Lipinski definition) is 1. The van der Waals surface area contributed by atoms with Gasteiger partial charge in [-0.1, -0.05) is 60.7 Å². The first-order valence-corrected chi connectivity index (χ1v) is 8.04. The van der Waals surface area contributed by atoms with Crippen molar-refractivity contribution in [3.05, 3.63) is 90.3 Å². The maximum absolute atomic E-state index is 11.5. The van der Waals surface area contributed by atoms with E-state index in [4.69, 9.17) is 0 Å². The number of carboxylic acid groups (broad SMARTS) is 1. The van der Waals surface area contributed by atoms with E-state index in [9.17, 15) is 9.90 Å². The summed E-state index contributed by atoms with van der Waals surface area (Å²) < 4.78 is 1.89. The van der Waals surface area contributed by atoms with E-state index in [1.54, 1.807) is 18.5 Å². The van der Waals surface area contributed by atoms with Gasteiger partial charge >= 0.3 is 5.97 Å². The van der Waals surface area contributed by atoms with Crippen LogP contribution in [0, 0.1) is 0 Å². The smallest absolute Gasteiger partial charge is 0.337 e. The number of rotatable bonds is 4. The van der Waals surface area contributed by atoms with Crippen molar-refractivity contribution in [2.75, 3.05) is 0 Å². The lowest BCUT2D eigenvalue weighted by molar-refractivity contribution is 0.0698. The van der Waals surface area contributed by atoms with Gasteiger partial charge in [-0.15, -0.1) is 0 Å². The van der Waals surface area contributed by atoms with E-state index < -0.39 is 5.97 Å². The van der Waals surface area contributed by atoms with Crippen molar-refractivity contribution in [1.29, 1.82) is 0 Å². The minimum absolute atomic E-state index is 0.274. The number of aromatic nitrogens is 2. The molecule has 0 amide bonds. The Labute approximate surface area is 145 Å². The SMILES string of the molecule is O=C(O)c1cccc2ncn(Cc3ccc(-c4ccccc4)cc3)c12. The third-order valence-corrected chi connectivity index (χ3v) is 4.28. The van der Waals surface area contributed by atoms with E-state index in [2.05, 4.69) is 41.4 Å². The molecule has 1 heterocycles. The zero-order valence-electron chi connectivity index (χ0n) is 13.5. The van der Waals surface area contributed by atoms with Crippen molar-refractivity contribution in [2.24, 2.45) is 0 Å². The molecule has 0 atom stereocenters. The summed E-state index contributed by atoms with van der Waals surface area (Å²) >= 11 is 0. The van der Waals surface area contributed by atoms with Gasteiger partial charge in [0.25, 0.3) is 0 Å². The number of aromatic carboxylic acids is 1. The molecule has 0 unspecified atom stereocenters. The number of carboxylic acids is 1. The fourth-order valence-electron chi connectivity index (χ4n) is 3.05. The van der Waals surface area contributed by atoms with Crippen LogP contribution in [-0.2, 0) is 6.54 Å². The molecule has 122 valence electrons. The van der Waals surface area contributed by atoms with E-state index >= 15 is 0 Å². The van der Waals surface area contributed by atoms with Crippen LogP contribution >= 0.6 is 0 Å². The Balaban J connectivity index is 1.67. The van der Waals surface area contributed by atoms with Crippen LogP contribution in [0.3, 0.4) is 0 Å². The second-order valence-electron chi connectivity index (χ2n) is 5.91. The lowest BCUT2D eigenvalue weighted by Crippen LogP contribution is -2.04. The quantitative estimate of drug-likeness (QED) is 0.602. The average molecular weight is 328 g/mol. The molecule has 0 aliphatic carbocycles. The number of para-hydroxylation sites is 1. The number of fused-ring (bicyclic) bond motifs is 1. The summed E-state index contributed by atoms with van der Waals surface area (Å²) in [6, 6.07) is 23.7. The second kappa shape index (κ2) is 6.24. The zero-order chi connectivity index (χ0) is 17.2. The predicted molar refractivity (Wildman–Crippen MR) is 97.7 cm³/mol. The molecule has 3 aromatic carbocycles. The van der Waals surface area contributed by atoms with Gasteiger partial charge in [-0.2, -0.15) is 0 Å². The Kier molecular flexibility index (Phi) is 3.78. The summed E-state index contributed by atoms with van der Waals surface area (Å²) in [6.45, 7) is 0.579. The molecule has 0 radical (unpaired) electrons. The molecule has 0 fully saturated rings. The van der Waals surface area contributed by atoms with Gasteiger partial charge in [0.1, 0.15) is 0 Å². The third kappa shape index (κ3) is 2.90. The second-order valence-corrected chi connectivity index (χ2v) is 5.91. The van der Waals surface area contributed by atoms with Crippen LogP contribution in [0.5, 0.6) is 0 Å². The van der Waals surface area contributed by atoms with E-state index in [-0.39, 0.29) is 5.56 Å². The monoisotopic (exact) mass is 328 g/mol. The molecular formula is C21H16N2O2. The maximum atomic E-state index is 11.5. The molecule has 0 saturated heterocycles. The number of benzene rings is 3. The van der Waals surface area contributed by atoms with Gasteiger partial charge in [-0.05, 0) is 28.8 Å². The number of carbonyl (C=O) groups is 1. The summed E-state index contributed by atoms with van der Waals surface area (Å²) in [5.41, 5.74) is 5.05. The van der Waals surface area contributed by atoms with Crippen LogP contribution in [0.25, 0.3) is 22.2 Å². The lowest BCUT2D eigenvalue weighted by atomic mass is 10.0. The Morgan fingerprint density at radius 3 is 2.32 bits per heavy atom. The van der Waals surface area contributed by atoms with Crippen LogP contribution < -0.4 is 0 Å². The highest BCUT2D eigenvalue weighted by atomic mass is 16.4. The minimum atomic E-state index is -0.938. The van der Waals surface area contributed by atoms with Crippen LogP contribution in [0.1, 0.15) is 15.9 Å². The first-order valence-electron chi connectivity index (χ1n) is 8.04. The first-order chi connectivity index (χ1) is 12.2. The minimum Gasteiger partial charge on any atom is -0.478 e.